The third-order valence-corrected chi connectivity index (χ3v) is 6.26. The van der Waals surface area contributed by atoms with Crippen molar-refractivity contribution in [3.63, 3.8) is 0 Å². The number of benzene rings is 2. The summed E-state index contributed by atoms with van der Waals surface area (Å²) in [5, 5.41) is 9.17. The minimum Gasteiger partial charge on any atom is -0.495 e. The lowest BCUT2D eigenvalue weighted by atomic mass is 9.95. The van der Waals surface area contributed by atoms with E-state index in [1.165, 1.54) is 11.9 Å². The Hall–Kier alpha value is -3.33. The number of methoxy groups -OCH3 is 2. The Morgan fingerprint density at radius 2 is 1.84 bits per heavy atom. The van der Waals surface area contributed by atoms with Gasteiger partial charge in [0, 0.05) is 17.5 Å². The normalized spacial score (nSPS) is 12.6. The average molecular weight is 439 g/mol. The van der Waals surface area contributed by atoms with Gasteiger partial charge in [-0.1, -0.05) is 16.4 Å². The van der Waals surface area contributed by atoms with Gasteiger partial charge in [-0.15, -0.1) is 0 Å². The predicted octanol–water partition coefficient (Wildman–Crippen LogP) is 5.17. The average Bonchev–Trinajstić information content (AvgIpc) is 3.50. The third-order valence-electron chi connectivity index (χ3n) is 5.35. The van der Waals surface area contributed by atoms with Crippen LogP contribution in [0.1, 0.15) is 17.0 Å². The first-order chi connectivity index (χ1) is 15.1. The summed E-state index contributed by atoms with van der Waals surface area (Å²) in [6, 6.07) is 7.63. The summed E-state index contributed by atoms with van der Waals surface area (Å²) in [5.41, 5.74) is 4.56. The molecule has 0 unspecified atom stereocenters. The van der Waals surface area contributed by atoms with Crippen LogP contribution in [0.15, 0.2) is 38.2 Å². The molecule has 1 N–H and O–H groups in total. The molecule has 0 bridgehead atoms. The maximum absolute atomic E-state index is 6.02. The molecule has 31 heavy (non-hydrogen) atoms. The molecular weight excluding hydrogens is 418 g/mol. The van der Waals surface area contributed by atoms with Crippen LogP contribution in [0.2, 0.25) is 0 Å². The SMILES string of the molecule is COc1cccc(OC)c1SNc1noc2cc(-c3c(C)noc3C)c3c(c12)OCC3. The van der Waals surface area contributed by atoms with Gasteiger partial charge in [0.2, 0.25) is 0 Å². The van der Waals surface area contributed by atoms with Crippen LogP contribution in [0.5, 0.6) is 17.2 Å². The molecular formula is C22H21N3O5S. The van der Waals surface area contributed by atoms with Crippen molar-refractivity contribution in [3.8, 4) is 28.4 Å². The standard InChI is InChI=1S/C22H21N3O5S/c1-11-18(12(2)29-23-11)14-10-17-19(20-13(14)8-9-28-20)22(24-30-17)25-31-21-15(26-3)6-5-7-16(21)27-4/h5-7,10H,8-9H2,1-4H3,(H,24,25). The van der Waals surface area contributed by atoms with E-state index in [4.69, 9.17) is 23.3 Å². The largest absolute Gasteiger partial charge is 0.495 e. The lowest BCUT2D eigenvalue weighted by Gasteiger charge is -2.12. The number of rotatable bonds is 6. The van der Waals surface area contributed by atoms with Gasteiger partial charge in [-0.3, -0.25) is 0 Å². The second-order valence-electron chi connectivity index (χ2n) is 7.13. The number of aromatic nitrogens is 2. The fourth-order valence-corrected chi connectivity index (χ4v) is 4.79. The first-order valence-corrected chi connectivity index (χ1v) is 10.6. The van der Waals surface area contributed by atoms with Gasteiger partial charge in [0.1, 0.15) is 33.3 Å². The number of hydrogen-bond donors (Lipinski definition) is 1. The van der Waals surface area contributed by atoms with Crippen molar-refractivity contribution >= 4 is 28.7 Å². The molecule has 9 heteroatoms. The van der Waals surface area contributed by atoms with E-state index in [0.717, 1.165) is 50.6 Å². The van der Waals surface area contributed by atoms with E-state index in [1.54, 1.807) is 14.2 Å². The molecule has 0 atom stereocenters. The van der Waals surface area contributed by atoms with Gasteiger partial charge in [-0.25, -0.2) is 0 Å². The van der Waals surface area contributed by atoms with Crippen LogP contribution in [0.25, 0.3) is 22.1 Å². The molecule has 0 radical (unpaired) electrons. The van der Waals surface area contributed by atoms with E-state index >= 15 is 0 Å². The highest BCUT2D eigenvalue weighted by molar-refractivity contribution is 8.00. The Bertz CT molecular complexity index is 1240. The van der Waals surface area contributed by atoms with E-state index in [9.17, 15) is 0 Å². The zero-order chi connectivity index (χ0) is 21.5. The Morgan fingerprint density at radius 1 is 1.06 bits per heavy atom. The van der Waals surface area contributed by atoms with E-state index in [0.29, 0.717) is 29.5 Å². The molecule has 1 aliphatic heterocycles. The zero-order valence-electron chi connectivity index (χ0n) is 17.6. The van der Waals surface area contributed by atoms with E-state index in [1.807, 2.05) is 38.1 Å². The molecule has 3 heterocycles. The van der Waals surface area contributed by atoms with E-state index in [-0.39, 0.29) is 0 Å². The van der Waals surface area contributed by atoms with Crippen LogP contribution in [-0.4, -0.2) is 31.1 Å². The van der Waals surface area contributed by atoms with Crippen LogP contribution in [0.4, 0.5) is 5.82 Å². The second-order valence-corrected chi connectivity index (χ2v) is 7.95. The molecule has 0 saturated carbocycles. The van der Waals surface area contributed by atoms with E-state index in [2.05, 4.69) is 15.0 Å². The minimum atomic E-state index is 0.580. The maximum atomic E-state index is 6.02. The monoisotopic (exact) mass is 439 g/mol. The second kappa shape index (κ2) is 7.73. The van der Waals surface area contributed by atoms with Crippen molar-refractivity contribution in [1.82, 2.24) is 10.3 Å². The van der Waals surface area contributed by atoms with Crippen LogP contribution in [0, 0.1) is 13.8 Å². The molecule has 2 aromatic carbocycles. The van der Waals surface area contributed by atoms with Crippen molar-refractivity contribution in [2.24, 2.45) is 0 Å². The zero-order valence-corrected chi connectivity index (χ0v) is 18.4. The van der Waals surface area contributed by atoms with Gasteiger partial charge in [-0.2, -0.15) is 0 Å². The summed E-state index contributed by atoms with van der Waals surface area (Å²) in [5.74, 6) is 3.53. The van der Waals surface area contributed by atoms with Crippen LogP contribution in [-0.2, 0) is 6.42 Å². The Kier molecular flexibility index (Phi) is 4.90. The van der Waals surface area contributed by atoms with Gasteiger partial charge in [-0.05, 0) is 49.6 Å². The highest BCUT2D eigenvalue weighted by atomic mass is 32.2. The first-order valence-electron chi connectivity index (χ1n) is 9.77. The highest BCUT2D eigenvalue weighted by Crippen LogP contribution is 2.46. The van der Waals surface area contributed by atoms with Gasteiger partial charge >= 0.3 is 0 Å². The van der Waals surface area contributed by atoms with Crippen LogP contribution in [0.3, 0.4) is 0 Å². The van der Waals surface area contributed by atoms with Crippen LogP contribution >= 0.6 is 11.9 Å². The molecule has 8 nitrogen and oxygen atoms in total. The fourth-order valence-electron chi connectivity index (χ4n) is 3.95. The molecule has 2 aromatic heterocycles. The van der Waals surface area contributed by atoms with Crippen molar-refractivity contribution in [3.05, 3.63) is 41.3 Å². The maximum Gasteiger partial charge on any atom is 0.191 e. The Balaban J connectivity index is 1.57. The van der Waals surface area contributed by atoms with Gasteiger partial charge in [0.05, 0.1) is 26.5 Å². The van der Waals surface area contributed by atoms with E-state index < -0.39 is 0 Å². The van der Waals surface area contributed by atoms with Crippen molar-refractivity contribution in [2.45, 2.75) is 25.2 Å². The minimum absolute atomic E-state index is 0.580. The smallest absolute Gasteiger partial charge is 0.191 e. The third kappa shape index (κ3) is 3.16. The summed E-state index contributed by atoms with van der Waals surface area (Å²) in [7, 11) is 3.25. The molecule has 0 aliphatic carbocycles. The molecule has 160 valence electrons. The molecule has 0 saturated heterocycles. The molecule has 0 fully saturated rings. The lowest BCUT2D eigenvalue weighted by molar-refractivity contribution is 0.360. The molecule has 0 spiro atoms. The lowest BCUT2D eigenvalue weighted by Crippen LogP contribution is -1.95. The number of anilines is 1. The van der Waals surface area contributed by atoms with Gasteiger partial charge in [0.25, 0.3) is 0 Å². The van der Waals surface area contributed by atoms with Crippen molar-refractivity contribution < 1.29 is 23.3 Å². The summed E-state index contributed by atoms with van der Waals surface area (Å²) in [4.78, 5) is 0.813. The number of aryl methyl sites for hydroxylation is 2. The van der Waals surface area contributed by atoms with Gasteiger partial charge in [0.15, 0.2) is 11.4 Å². The highest BCUT2D eigenvalue weighted by Gasteiger charge is 2.28. The first kappa shape index (κ1) is 19.6. The molecule has 4 aromatic rings. The molecule has 1 aliphatic rings. The number of hydrogen-bond acceptors (Lipinski definition) is 9. The Labute approximate surface area is 182 Å². The van der Waals surface area contributed by atoms with Crippen LogP contribution < -0.4 is 18.9 Å². The molecule has 5 rings (SSSR count). The Morgan fingerprint density at radius 3 is 2.52 bits per heavy atom. The summed E-state index contributed by atoms with van der Waals surface area (Å²) in [6.45, 7) is 4.44. The molecule has 0 amide bonds. The summed E-state index contributed by atoms with van der Waals surface area (Å²) >= 11 is 1.34. The number of nitrogens with zero attached hydrogens (tertiary/aromatic N) is 2. The quantitative estimate of drug-likeness (QED) is 0.408. The summed E-state index contributed by atoms with van der Waals surface area (Å²) in [6.07, 6.45) is 0.794. The van der Waals surface area contributed by atoms with Gasteiger partial charge < -0.3 is 28.0 Å². The number of fused-ring (bicyclic) bond motifs is 3. The number of ether oxygens (including phenoxy) is 3. The summed E-state index contributed by atoms with van der Waals surface area (Å²) < 4.78 is 31.3. The predicted molar refractivity (Wildman–Crippen MR) is 117 cm³/mol. The topological polar surface area (TPSA) is 91.8 Å². The fraction of sp³-hybridized carbons (Fsp3) is 0.273. The van der Waals surface area contributed by atoms with Crippen molar-refractivity contribution in [1.29, 1.82) is 0 Å². The van der Waals surface area contributed by atoms with Crippen molar-refractivity contribution in [2.75, 3.05) is 25.5 Å². The number of nitrogens with one attached hydrogen (secondary N) is 1.